The van der Waals surface area contributed by atoms with E-state index in [-0.39, 0.29) is 6.42 Å². The number of carbonyl (C=O) groups is 2. The number of hydrogen-bond donors (Lipinski definition) is 1. The molecule has 0 aliphatic carbocycles. The van der Waals surface area contributed by atoms with E-state index in [0.717, 1.165) is 6.92 Å². The number of alkyl halides is 3. The molecule has 0 fully saturated rings. The van der Waals surface area contributed by atoms with Crippen LogP contribution in [0.2, 0.25) is 0 Å². The molecule has 2 unspecified atom stereocenters. The Morgan fingerprint density at radius 3 is 1.94 bits per heavy atom. The molecule has 3 nitrogen and oxygen atoms in total. The van der Waals surface area contributed by atoms with Crippen molar-refractivity contribution >= 4 is 11.7 Å². The largest absolute Gasteiger partial charge is 0.400 e. The van der Waals surface area contributed by atoms with Gasteiger partial charge in [-0.1, -0.05) is 20.8 Å². The number of carbonyl (C=O) groups excluding carboxylic acids is 2. The molecule has 100 valence electrons. The van der Waals surface area contributed by atoms with Crippen LogP contribution >= 0.6 is 0 Å². The quantitative estimate of drug-likeness (QED) is 0.817. The number of hydrogen-bond acceptors (Lipinski definition) is 2. The second-order valence-corrected chi connectivity index (χ2v) is 4.31. The normalized spacial score (nSPS) is 15.5. The van der Waals surface area contributed by atoms with Gasteiger partial charge in [0.2, 0.25) is 5.91 Å². The van der Waals surface area contributed by atoms with Gasteiger partial charge in [0.15, 0.2) is 0 Å². The van der Waals surface area contributed by atoms with Gasteiger partial charge in [0, 0.05) is 19.4 Å². The molecular formula is C11H18F3NO2. The van der Waals surface area contributed by atoms with Gasteiger partial charge in [0.05, 0.1) is 0 Å². The van der Waals surface area contributed by atoms with Gasteiger partial charge in [-0.2, -0.15) is 13.2 Å². The van der Waals surface area contributed by atoms with E-state index in [2.05, 4.69) is 5.32 Å². The van der Waals surface area contributed by atoms with Crippen LogP contribution in [-0.4, -0.2) is 23.9 Å². The van der Waals surface area contributed by atoms with E-state index in [1.165, 1.54) is 6.92 Å². The SMILES string of the molecule is CCC(=O)C(C(NC(C)=O)C(C)C)C(F)(F)F. The molecule has 0 bridgehead atoms. The molecule has 6 heteroatoms. The zero-order valence-corrected chi connectivity index (χ0v) is 10.4. The van der Waals surface area contributed by atoms with Gasteiger partial charge < -0.3 is 5.32 Å². The lowest BCUT2D eigenvalue weighted by Gasteiger charge is -2.31. The highest BCUT2D eigenvalue weighted by Crippen LogP contribution is 2.33. The lowest BCUT2D eigenvalue weighted by Crippen LogP contribution is -2.51. The fraction of sp³-hybridized carbons (Fsp3) is 0.818. The van der Waals surface area contributed by atoms with Crippen molar-refractivity contribution in [2.45, 2.75) is 46.3 Å². The maximum atomic E-state index is 12.8. The summed E-state index contributed by atoms with van der Waals surface area (Å²) >= 11 is 0. The van der Waals surface area contributed by atoms with Crippen LogP contribution in [0.25, 0.3) is 0 Å². The summed E-state index contributed by atoms with van der Waals surface area (Å²) in [7, 11) is 0. The Labute approximate surface area is 98.8 Å². The molecule has 1 N–H and O–H groups in total. The first-order chi connectivity index (χ1) is 7.61. The van der Waals surface area contributed by atoms with Crippen LogP contribution in [0.3, 0.4) is 0 Å². The minimum atomic E-state index is -4.63. The molecule has 2 atom stereocenters. The molecule has 0 aromatic carbocycles. The number of amides is 1. The van der Waals surface area contributed by atoms with Gasteiger partial charge in [-0.15, -0.1) is 0 Å². The van der Waals surface area contributed by atoms with Crippen molar-refractivity contribution in [1.29, 1.82) is 0 Å². The molecule has 0 spiro atoms. The minimum absolute atomic E-state index is 0.201. The average Bonchev–Trinajstić information content (AvgIpc) is 2.13. The zero-order valence-electron chi connectivity index (χ0n) is 10.4. The first-order valence-corrected chi connectivity index (χ1v) is 5.47. The maximum Gasteiger partial charge on any atom is 0.400 e. The summed E-state index contributed by atoms with van der Waals surface area (Å²) in [6.45, 7) is 5.61. The third-order valence-corrected chi connectivity index (χ3v) is 2.50. The number of nitrogens with one attached hydrogen (secondary N) is 1. The molecule has 0 saturated carbocycles. The van der Waals surface area contributed by atoms with E-state index in [1.54, 1.807) is 13.8 Å². The smallest absolute Gasteiger partial charge is 0.352 e. The van der Waals surface area contributed by atoms with Crippen LogP contribution < -0.4 is 5.32 Å². The first-order valence-electron chi connectivity index (χ1n) is 5.47. The van der Waals surface area contributed by atoms with Crippen LogP contribution in [0, 0.1) is 11.8 Å². The Hall–Kier alpha value is -1.07. The molecule has 0 heterocycles. The molecule has 1 amide bonds. The van der Waals surface area contributed by atoms with Crippen molar-refractivity contribution < 1.29 is 22.8 Å². The molecule has 0 aliphatic rings. The summed E-state index contributed by atoms with van der Waals surface area (Å²) in [6, 6.07) is -1.21. The molecular weight excluding hydrogens is 235 g/mol. The minimum Gasteiger partial charge on any atom is -0.352 e. The van der Waals surface area contributed by atoms with Crippen LogP contribution in [0.15, 0.2) is 0 Å². The highest BCUT2D eigenvalue weighted by atomic mass is 19.4. The van der Waals surface area contributed by atoms with Crippen molar-refractivity contribution in [3.05, 3.63) is 0 Å². The summed E-state index contributed by atoms with van der Waals surface area (Å²) in [4.78, 5) is 22.3. The number of Topliss-reactive ketones (excluding diaryl/α,β-unsaturated/α-hetero) is 1. The van der Waals surface area contributed by atoms with E-state index < -0.39 is 35.7 Å². The Morgan fingerprint density at radius 2 is 1.71 bits per heavy atom. The fourth-order valence-corrected chi connectivity index (χ4v) is 1.68. The summed E-state index contributed by atoms with van der Waals surface area (Å²) < 4.78 is 38.5. The van der Waals surface area contributed by atoms with Crippen LogP contribution in [0.5, 0.6) is 0 Å². The molecule has 17 heavy (non-hydrogen) atoms. The molecule has 0 aromatic rings. The van der Waals surface area contributed by atoms with Crippen molar-refractivity contribution in [2.75, 3.05) is 0 Å². The first kappa shape index (κ1) is 15.9. The summed E-state index contributed by atoms with van der Waals surface area (Å²) in [6.07, 6.45) is -4.84. The second kappa shape index (κ2) is 6.02. The summed E-state index contributed by atoms with van der Waals surface area (Å²) in [5, 5.41) is 2.22. The van der Waals surface area contributed by atoms with Gasteiger partial charge in [0.25, 0.3) is 0 Å². The second-order valence-electron chi connectivity index (χ2n) is 4.31. The van der Waals surface area contributed by atoms with Crippen LogP contribution in [0.1, 0.15) is 34.1 Å². The molecule has 0 rings (SSSR count). The van der Waals surface area contributed by atoms with Crippen molar-refractivity contribution in [3.8, 4) is 0 Å². The molecule has 0 aliphatic heterocycles. The zero-order chi connectivity index (χ0) is 13.8. The van der Waals surface area contributed by atoms with E-state index in [4.69, 9.17) is 0 Å². The number of ketones is 1. The average molecular weight is 253 g/mol. The van der Waals surface area contributed by atoms with E-state index >= 15 is 0 Å². The number of rotatable bonds is 5. The predicted molar refractivity (Wildman–Crippen MR) is 57.3 cm³/mol. The molecule has 0 aromatic heterocycles. The lowest BCUT2D eigenvalue weighted by molar-refractivity contribution is -0.189. The van der Waals surface area contributed by atoms with Gasteiger partial charge in [-0.25, -0.2) is 0 Å². The van der Waals surface area contributed by atoms with Gasteiger partial charge in [0.1, 0.15) is 11.7 Å². The third-order valence-electron chi connectivity index (χ3n) is 2.50. The van der Waals surface area contributed by atoms with E-state index in [1.807, 2.05) is 0 Å². The summed E-state index contributed by atoms with van der Waals surface area (Å²) in [5.41, 5.74) is 0. The summed E-state index contributed by atoms with van der Waals surface area (Å²) in [5.74, 6) is -4.07. The molecule has 0 radical (unpaired) electrons. The van der Waals surface area contributed by atoms with Crippen molar-refractivity contribution in [3.63, 3.8) is 0 Å². The monoisotopic (exact) mass is 253 g/mol. The highest BCUT2D eigenvalue weighted by Gasteiger charge is 2.49. The van der Waals surface area contributed by atoms with Crippen molar-refractivity contribution in [1.82, 2.24) is 5.32 Å². The standard InChI is InChI=1S/C11H18F3NO2/c1-5-8(17)9(11(12,13)14)10(6(2)3)15-7(4)16/h6,9-10H,5H2,1-4H3,(H,15,16). The van der Waals surface area contributed by atoms with Gasteiger partial charge in [-0.3, -0.25) is 9.59 Å². The molecule has 0 saturated heterocycles. The number of halogens is 3. The fourth-order valence-electron chi connectivity index (χ4n) is 1.68. The van der Waals surface area contributed by atoms with Gasteiger partial charge in [-0.05, 0) is 5.92 Å². The predicted octanol–water partition coefficient (Wildman–Crippen LogP) is 2.30. The Bertz CT molecular complexity index is 287. The Balaban J connectivity index is 5.22. The van der Waals surface area contributed by atoms with E-state index in [0.29, 0.717) is 0 Å². The Morgan fingerprint density at radius 1 is 1.24 bits per heavy atom. The van der Waals surface area contributed by atoms with Gasteiger partial charge >= 0.3 is 6.18 Å². The van der Waals surface area contributed by atoms with Crippen LogP contribution in [-0.2, 0) is 9.59 Å². The lowest BCUT2D eigenvalue weighted by atomic mass is 9.85. The maximum absolute atomic E-state index is 12.8. The van der Waals surface area contributed by atoms with Crippen LogP contribution in [0.4, 0.5) is 13.2 Å². The topological polar surface area (TPSA) is 46.2 Å². The van der Waals surface area contributed by atoms with E-state index in [9.17, 15) is 22.8 Å². The highest BCUT2D eigenvalue weighted by molar-refractivity contribution is 5.83. The van der Waals surface area contributed by atoms with Crippen molar-refractivity contribution in [2.24, 2.45) is 11.8 Å². The Kier molecular flexibility index (Phi) is 5.64. The third kappa shape index (κ3) is 4.75.